The second-order valence-electron chi connectivity index (χ2n) is 6.92. The molecule has 0 bridgehead atoms. The molecule has 0 aliphatic heterocycles. The third-order valence-corrected chi connectivity index (χ3v) is 4.87. The van der Waals surface area contributed by atoms with Crippen LogP contribution >= 0.6 is 0 Å². The molecule has 0 saturated carbocycles. The highest BCUT2D eigenvalue weighted by Gasteiger charge is 2.23. The van der Waals surface area contributed by atoms with E-state index in [4.69, 9.17) is 9.47 Å². The van der Waals surface area contributed by atoms with E-state index in [-0.39, 0.29) is 11.9 Å². The van der Waals surface area contributed by atoms with Gasteiger partial charge in [-0.3, -0.25) is 4.79 Å². The summed E-state index contributed by atoms with van der Waals surface area (Å²) in [6.07, 6.45) is 0. The van der Waals surface area contributed by atoms with Gasteiger partial charge in [0.1, 0.15) is 6.54 Å². The van der Waals surface area contributed by atoms with Crippen molar-refractivity contribution < 1.29 is 19.2 Å². The highest BCUT2D eigenvalue weighted by Crippen LogP contribution is 2.27. The van der Waals surface area contributed by atoms with Crippen LogP contribution in [0.25, 0.3) is 0 Å². The van der Waals surface area contributed by atoms with E-state index in [0.717, 1.165) is 38.8 Å². The average Bonchev–Trinajstić information content (AvgIpc) is 2.65. The van der Waals surface area contributed by atoms with Crippen LogP contribution in [0.2, 0.25) is 0 Å². The number of quaternary nitrogens is 1. The highest BCUT2D eigenvalue weighted by atomic mass is 16.5. The fourth-order valence-electron chi connectivity index (χ4n) is 3.04. The van der Waals surface area contributed by atoms with Crippen LogP contribution in [-0.2, 0) is 11.3 Å². The summed E-state index contributed by atoms with van der Waals surface area (Å²) < 4.78 is 11.0. The van der Waals surface area contributed by atoms with Gasteiger partial charge in [0.2, 0.25) is 0 Å². The third kappa shape index (κ3) is 5.23. The van der Waals surface area contributed by atoms with Crippen molar-refractivity contribution in [2.45, 2.75) is 40.3 Å². The molecule has 2 rings (SSSR count). The molecule has 1 unspecified atom stereocenters. The van der Waals surface area contributed by atoms with E-state index in [2.05, 4.69) is 5.32 Å². The lowest BCUT2D eigenvalue weighted by atomic mass is 10.1. The summed E-state index contributed by atoms with van der Waals surface area (Å²) >= 11 is 0. The summed E-state index contributed by atoms with van der Waals surface area (Å²) in [7, 11) is 3.66. The van der Waals surface area contributed by atoms with E-state index in [1.807, 2.05) is 71.1 Å². The number of benzene rings is 2. The molecule has 0 saturated heterocycles. The summed E-state index contributed by atoms with van der Waals surface area (Å²) in [6, 6.07) is 11.7. The summed E-state index contributed by atoms with van der Waals surface area (Å²) in [5.41, 5.74) is 4.15. The van der Waals surface area contributed by atoms with Crippen LogP contribution in [0.5, 0.6) is 11.5 Å². The maximum Gasteiger partial charge on any atom is 0.282 e. The smallest absolute Gasteiger partial charge is 0.282 e. The molecular formula is C22H31N2O3+. The number of nitrogens with one attached hydrogen (secondary N) is 2. The van der Waals surface area contributed by atoms with Gasteiger partial charge in [0.25, 0.3) is 5.91 Å². The van der Waals surface area contributed by atoms with Gasteiger partial charge in [-0.1, -0.05) is 18.2 Å². The van der Waals surface area contributed by atoms with Gasteiger partial charge >= 0.3 is 0 Å². The van der Waals surface area contributed by atoms with Gasteiger partial charge < -0.3 is 19.7 Å². The minimum Gasteiger partial charge on any atom is -0.493 e. The van der Waals surface area contributed by atoms with E-state index < -0.39 is 0 Å². The van der Waals surface area contributed by atoms with E-state index >= 15 is 0 Å². The molecule has 2 aromatic carbocycles. The summed E-state index contributed by atoms with van der Waals surface area (Å²) in [5, 5.41) is 3.09. The van der Waals surface area contributed by atoms with Crippen LogP contribution in [0.3, 0.4) is 0 Å². The fraction of sp³-hybridized carbons (Fsp3) is 0.409. The number of ether oxygens (including phenoxy) is 2. The molecule has 0 spiro atoms. The Labute approximate surface area is 162 Å². The predicted molar refractivity (Wildman–Crippen MR) is 109 cm³/mol. The first-order valence-corrected chi connectivity index (χ1v) is 9.36. The molecule has 5 nitrogen and oxygen atoms in total. The number of likely N-dealkylation sites (N-methyl/N-ethyl adjacent to an activating group) is 1. The first-order valence-electron chi connectivity index (χ1n) is 9.36. The number of amides is 1. The van der Waals surface area contributed by atoms with E-state index in [9.17, 15) is 4.79 Å². The SMILES string of the molecule is CCOc1ccc(C[NH+](C)[C@H](C)C(=O)Nc2c(C)cccc2C)cc1OC. The Balaban J connectivity index is 2.06. The number of carbonyl (C=O) groups is 1. The van der Waals surface area contributed by atoms with Gasteiger partial charge in [-0.2, -0.15) is 0 Å². The molecule has 2 N–H and O–H groups in total. The van der Waals surface area contributed by atoms with Crippen molar-refractivity contribution in [1.29, 1.82) is 0 Å². The van der Waals surface area contributed by atoms with Crippen molar-refractivity contribution in [3.63, 3.8) is 0 Å². The van der Waals surface area contributed by atoms with Crippen molar-refractivity contribution in [3.8, 4) is 11.5 Å². The van der Waals surface area contributed by atoms with Crippen molar-refractivity contribution >= 4 is 11.6 Å². The molecule has 2 aromatic rings. The Kier molecular flexibility index (Phi) is 7.25. The van der Waals surface area contributed by atoms with E-state index in [1.54, 1.807) is 7.11 Å². The normalized spacial score (nSPS) is 13.0. The monoisotopic (exact) mass is 371 g/mol. The van der Waals surface area contributed by atoms with E-state index in [1.165, 1.54) is 0 Å². The number of carbonyl (C=O) groups excluding carboxylic acids is 1. The van der Waals surface area contributed by atoms with Gasteiger partial charge in [0, 0.05) is 11.3 Å². The maximum atomic E-state index is 12.7. The fourth-order valence-corrected chi connectivity index (χ4v) is 3.04. The van der Waals surface area contributed by atoms with Crippen molar-refractivity contribution in [1.82, 2.24) is 0 Å². The number of anilines is 1. The topological polar surface area (TPSA) is 52.0 Å². The number of hydrogen-bond donors (Lipinski definition) is 2. The van der Waals surface area contributed by atoms with Crippen LogP contribution < -0.4 is 19.7 Å². The molecule has 0 fully saturated rings. The zero-order chi connectivity index (χ0) is 20.0. The van der Waals surface area contributed by atoms with Crippen LogP contribution in [0.1, 0.15) is 30.5 Å². The molecule has 2 atom stereocenters. The summed E-state index contributed by atoms with van der Waals surface area (Å²) in [4.78, 5) is 13.8. The standard InChI is InChI=1S/C22H30N2O3/c1-7-27-19-12-11-18(13-20(19)26-6)14-24(5)17(4)22(25)23-21-15(2)9-8-10-16(21)3/h8-13,17H,7,14H2,1-6H3,(H,23,25)/p+1/t17-/m1/s1. The van der Waals surface area contributed by atoms with Crippen LogP contribution in [0, 0.1) is 13.8 Å². The quantitative estimate of drug-likeness (QED) is 0.750. The third-order valence-electron chi connectivity index (χ3n) is 4.87. The zero-order valence-electron chi connectivity index (χ0n) is 17.2. The molecule has 0 aliphatic rings. The number of rotatable bonds is 8. The lowest BCUT2D eigenvalue weighted by molar-refractivity contribution is -0.907. The second kappa shape index (κ2) is 9.42. The zero-order valence-corrected chi connectivity index (χ0v) is 17.2. The molecule has 27 heavy (non-hydrogen) atoms. The Morgan fingerprint density at radius 3 is 2.41 bits per heavy atom. The molecule has 0 aromatic heterocycles. The summed E-state index contributed by atoms with van der Waals surface area (Å²) in [6.45, 7) is 9.22. The molecule has 5 heteroatoms. The minimum atomic E-state index is -0.193. The lowest BCUT2D eigenvalue weighted by Crippen LogP contribution is -3.12. The lowest BCUT2D eigenvalue weighted by Gasteiger charge is -2.22. The van der Waals surface area contributed by atoms with Crippen molar-refractivity contribution in [3.05, 3.63) is 53.1 Å². The minimum absolute atomic E-state index is 0.0165. The number of aryl methyl sites for hydroxylation is 2. The van der Waals surface area contributed by atoms with Crippen LogP contribution in [0.15, 0.2) is 36.4 Å². The highest BCUT2D eigenvalue weighted by molar-refractivity contribution is 5.95. The van der Waals surface area contributed by atoms with Crippen LogP contribution in [0.4, 0.5) is 5.69 Å². The average molecular weight is 372 g/mol. The van der Waals surface area contributed by atoms with Gasteiger partial charge in [-0.15, -0.1) is 0 Å². The second-order valence-corrected chi connectivity index (χ2v) is 6.92. The molecular weight excluding hydrogens is 340 g/mol. The van der Waals surface area contributed by atoms with Gasteiger partial charge in [-0.05, 0) is 57.0 Å². The Morgan fingerprint density at radius 2 is 1.81 bits per heavy atom. The number of para-hydroxylation sites is 1. The molecule has 146 valence electrons. The first-order chi connectivity index (χ1) is 12.9. The Morgan fingerprint density at radius 1 is 1.15 bits per heavy atom. The van der Waals surface area contributed by atoms with E-state index in [0.29, 0.717) is 13.2 Å². The molecule has 0 heterocycles. The molecule has 0 aliphatic carbocycles. The van der Waals surface area contributed by atoms with Crippen LogP contribution in [-0.4, -0.2) is 32.7 Å². The van der Waals surface area contributed by atoms with Crippen molar-refractivity contribution in [2.75, 3.05) is 26.1 Å². The maximum absolute atomic E-state index is 12.7. The predicted octanol–water partition coefficient (Wildman–Crippen LogP) is 2.75. The summed E-state index contributed by atoms with van der Waals surface area (Å²) in [5.74, 6) is 1.47. The number of hydrogen-bond acceptors (Lipinski definition) is 3. The van der Waals surface area contributed by atoms with Gasteiger partial charge in [0.15, 0.2) is 17.5 Å². The van der Waals surface area contributed by atoms with Gasteiger partial charge in [0.05, 0.1) is 20.8 Å². The first kappa shape index (κ1) is 20.8. The molecule has 0 radical (unpaired) electrons. The Bertz CT molecular complexity index is 769. The Hall–Kier alpha value is -2.53. The largest absolute Gasteiger partial charge is 0.493 e. The van der Waals surface area contributed by atoms with Gasteiger partial charge in [-0.25, -0.2) is 0 Å². The van der Waals surface area contributed by atoms with Crippen molar-refractivity contribution in [2.24, 2.45) is 0 Å². The number of methoxy groups -OCH3 is 1. The molecule has 1 amide bonds.